The maximum atomic E-state index is 13.2. The first-order valence-corrected chi connectivity index (χ1v) is 6.60. The molecule has 0 amide bonds. The number of hydrogen-bond donors (Lipinski definition) is 1. The van der Waals surface area contributed by atoms with E-state index in [1.807, 2.05) is 24.3 Å². The monoisotopic (exact) mass is 285 g/mol. The molecule has 3 rings (SSSR count). The number of aliphatic hydroxyl groups excluding tert-OH is 1. The summed E-state index contributed by atoms with van der Waals surface area (Å²) in [5.41, 5.74) is 1.30. The number of rotatable bonds is 3. The summed E-state index contributed by atoms with van der Waals surface area (Å²) in [6, 6.07) is 11.1. The Morgan fingerprint density at radius 1 is 1.05 bits per heavy atom. The minimum absolute atomic E-state index is 0.221. The average Bonchev–Trinajstić information content (AvgIpc) is 2.50. The third kappa shape index (κ3) is 2.76. The smallest absolute Gasteiger partial charge is 0.159 e. The van der Waals surface area contributed by atoms with Crippen molar-refractivity contribution in [1.29, 1.82) is 0 Å². The number of hydrogen-bond acceptors (Lipinski definition) is 2. The van der Waals surface area contributed by atoms with E-state index < -0.39 is 17.7 Å². The Morgan fingerprint density at radius 2 is 1.90 bits per heavy atom. The lowest BCUT2D eigenvalue weighted by molar-refractivity contribution is 0.180. The number of aromatic nitrogens is 1. The van der Waals surface area contributed by atoms with Crippen LogP contribution in [0.4, 0.5) is 8.78 Å². The Morgan fingerprint density at radius 3 is 2.71 bits per heavy atom. The van der Waals surface area contributed by atoms with Crippen LogP contribution in [0.2, 0.25) is 0 Å². The Labute approximate surface area is 120 Å². The molecule has 2 aromatic carbocycles. The highest BCUT2D eigenvalue weighted by Gasteiger charge is 2.13. The van der Waals surface area contributed by atoms with Crippen LogP contribution in [0.3, 0.4) is 0 Å². The van der Waals surface area contributed by atoms with E-state index in [-0.39, 0.29) is 6.42 Å². The molecular weight excluding hydrogens is 272 g/mol. The van der Waals surface area contributed by atoms with Gasteiger partial charge in [0.2, 0.25) is 0 Å². The van der Waals surface area contributed by atoms with Crippen LogP contribution in [0.15, 0.2) is 54.9 Å². The molecule has 0 saturated heterocycles. The van der Waals surface area contributed by atoms with Gasteiger partial charge >= 0.3 is 0 Å². The first-order chi connectivity index (χ1) is 10.1. The van der Waals surface area contributed by atoms with Gasteiger partial charge in [-0.2, -0.15) is 0 Å². The molecule has 0 bridgehead atoms. The molecule has 0 spiro atoms. The van der Waals surface area contributed by atoms with Gasteiger partial charge in [0.15, 0.2) is 11.6 Å². The van der Waals surface area contributed by atoms with Crippen molar-refractivity contribution in [3.63, 3.8) is 0 Å². The number of nitrogens with zero attached hydrogens (tertiary/aromatic N) is 1. The Kier molecular flexibility index (Phi) is 3.62. The van der Waals surface area contributed by atoms with Crippen molar-refractivity contribution in [1.82, 2.24) is 4.98 Å². The molecule has 2 nitrogen and oxygen atoms in total. The molecular formula is C17H13F2NO. The van der Waals surface area contributed by atoms with Crippen molar-refractivity contribution in [2.45, 2.75) is 12.5 Å². The minimum Gasteiger partial charge on any atom is -0.388 e. The van der Waals surface area contributed by atoms with Gasteiger partial charge in [0.05, 0.1) is 6.10 Å². The molecule has 4 heteroatoms. The van der Waals surface area contributed by atoms with E-state index in [0.29, 0.717) is 5.56 Å². The quantitative estimate of drug-likeness (QED) is 0.794. The molecule has 1 aromatic heterocycles. The van der Waals surface area contributed by atoms with Crippen molar-refractivity contribution in [2.75, 3.05) is 0 Å². The Hall–Kier alpha value is -2.33. The van der Waals surface area contributed by atoms with Gasteiger partial charge in [-0.3, -0.25) is 4.98 Å². The zero-order valence-electron chi connectivity index (χ0n) is 11.1. The van der Waals surface area contributed by atoms with Gasteiger partial charge in [0, 0.05) is 24.2 Å². The fraction of sp³-hybridized carbons (Fsp3) is 0.118. The molecule has 1 heterocycles. The molecule has 0 aliphatic rings. The number of halogens is 2. The highest BCUT2D eigenvalue weighted by Crippen LogP contribution is 2.26. The highest BCUT2D eigenvalue weighted by molar-refractivity contribution is 5.85. The van der Waals surface area contributed by atoms with Gasteiger partial charge in [0.25, 0.3) is 0 Å². The second kappa shape index (κ2) is 5.58. The summed E-state index contributed by atoms with van der Waals surface area (Å²) in [5.74, 6) is -1.79. The summed E-state index contributed by atoms with van der Waals surface area (Å²) in [5, 5.41) is 12.2. The first-order valence-electron chi connectivity index (χ1n) is 6.60. The summed E-state index contributed by atoms with van der Waals surface area (Å²) in [4.78, 5) is 4.05. The lowest BCUT2D eigenvalue weighted by Gasteiger charge is -2.14. The molecule has 21 heavy (non-hydrogen) atoms. The van der Waals surface area contributed by atoms with Crippen LogP contribution >= 0.6 is 0 Å². The van der Waals surface area contributed by atoms with Crippen molar-refractivity contribution in [2.24, 2.45) is 0 Å². The fourth-order valence-electron chi connectivity index (χ4n) is 2.44. The lowest BCUT2D eigenvalue weighted by Crippen LogP contribution is -2.03. The zero-order valence-corrected chi connectivity index (χ0v) is 11.1. The van der Waals surface area contributed by atoms with Crippen LogP contribution in [-0.4, -0.2) is 10.1 Å². The van der Waals surface area contributed by atoms with Crippen LogP contribution in [-0.2, 0) is 6.42 Å². The third-order valence-corrected chi connectivity index (χ3v) is 3.49. The first kappa shape index (κ1) is 13.6. The topological polar surface area (TPSA) is 33.1 Å². The predicted octanol–water partition coefficient (Wildman–Crippen LogP) is 3.79. The normalized spacial score (nSPS) is 12.5. The van der Waals surface area contributed by atoms with Crippen LogP contribution in [0, 0.1) is 11.6 Å². The highest BCUT2D eigenvalue weighted by atomic mass is 19.2. The van der Waals surface area contributed by atoms with Crippen LogP contribution in [0.25, 0.3) is 10.8 Å². The standard InChI is InChI=1S/C17H13F2NO/c18-15-5-4-11(8-16(15)19)9-17(21)14-3-1-2-12-10-20-7-6-13(12)14/h1-8,10,17,21H,9H2. The molecule has 0 aliphatic heterocycles. The SMILES string of the molecule is OC(Cc1ccc(F)c(F)c1)c1cccc2cnccc12. The van der Waals surface area contributed by atoms with E-state index in [9.17, 15) is 13.9 Å². The number of pyridine rings is 1. The van der Waals surface area contributed by atoms with Crippen molar-refractivity contribution in [3.8, 4) is 0 Å². The Balaban J connectivity index is 1.93. The molecule has 1 N–H and O–H groups in total. The average molecular weight is 285 g/mol. The lowest BCUT2D eigenvalue weighted by atomic mass is 9.97. The van der Waals surface area contributed by atoms with Gasteiger partial charge in [0.1, 0.15) is 0 Å². The molecule has 0 saturated carbocycles. The largest absolute Gasteiger partial charge is 0.388 e. The van der Waals surface area contributed by atoms with E-state index >= 15 is 0 Å². The molecule has 1 atom stereocenters. The molecule has 0 aliphatic carbocycles. The number of benzene rings is 2. The molecule has 106 valence electrons. The van der Waals surface area contributed by atoms with Gasteiger partial charge < -0.3 is 5.11 Å². The van der Waals surface area contributed by atoms with Crippen molar-refractivity contribution in [3.05, 3.63) is 77.6 Å². The van der Waals surface area contributed by atoms with Crippen LogP contribution in [0.1, 0.15) is 17.2 Å². The second-order valence-electron chi connectivity index (χ2n) is 4.91. The van der Waals surface area contributed by atoms with Gasteiger partial charge in [-0.15, -0.1) is 0 Å². The third-order valence-electron chi connectivity index (χ3n) is 3.49. The van der Waals surface area contributed by atoms with E-state index in [2.05, 4.69) is 4.98 Å². The van der Waals surface area contributed by atoms with E-state index in [0.717, 1.165) is 28.5 Å². The predicted molar refractivity (Wildman–Crippen MR) is 76.8 cm³/mol. The summed E-state index contributed by atoms with van der Waals surface area (Å²) < 4.78 is 26.1. The van der Waals surface area contributed by atoms with Crippen LogP contribution in [0.5, 0.6) is 0 Å². The maximum absolute atomic E-state index is 13.2. The summed E-state index contributed by atoms with van der Waals surface area (Å²) in [7, 11) is 0. The number of fused-ring (bicyclic) bond motifs is 1. The number of aliphatic hydroxyl groups is 1. The van der Waals surface area contributed by atoms with Crippen molar-refractivity contribution < 1.29 is 13.9 Å². The molecule has 0 radical (unpaired) electrons. The maximum Gasteiger partial charge on any atom is 0.159 e. The van der Waals surface area contributed by atoms with Crippen molar-refractivity contribution >= 4 is 10.8 Å². The second-order valence-corrected chi connectivity index (χ2v) is 4.91. The summed E-state index contributed by atoms with van der Waals surface area (Å²) in [6.45, 7) is 0. The van der Waals surface area contributed by atoms with Gasteiger partial charge in [-0.25, -0.2) is 8.78 Å². The minimum atomic E-state index is -0.901. The molecule has 3 aromatic rings. The van der Waals surface area contributed by atoms with Crippen LogP contribution < -0.4 is 0 Å². The van der Waals surface area contributed by atoms with E-state index in [1.54, 1.807) is 12.4 Å². The van der Waals surface area contributed by atoms with Gasteiger partial charge in [-0.05, 0) is 34.7 Å². The Bertz CT molecular complexity index is 783. The van der Waals surface area contributed by atoms with E-state index in [1.165, 1.54) is 6.07 Å². The van der Waals surface area contributed by atoms with Gasteiger partial charge in [-0.1, -0.05) is 24.3 Å². The fourth-order valence-corrected chi connectivity index (χ4v) is 2.44. The summed E-state index contributed by atoms with van der Waals surface area (Å²) >= 11 is 0. The summed E-state index contributed by atoms with van der Waals surface area (Å²) in [6.07, 6.45) is 2.82. The zero-order chi connectivity index (χ0) is 14.8. The molecule has 0 fully saturated rings. The van der Waals surface area contributed by atoms with E-state index in [4.69, 9.17) is 0 Å². The molecule has 1 unspecified atom stereocenters.